The van der Waals surface area contributed by atoms with Crippen LogP contribution in [0.15, 0.2) is 24.3 Å². The summed E-state index contributed by atoms with van der Waals surface area (Å²) in [4.78, 5) is 4.80. The van der Waals surface area contributed by atoms with Crippen molar-refractivity contribution >= 4 is 0 Å². The second-order valence-electron chi connectivity index (χ2n) is 5.42. The van der Waals surface area contributed by atoms with Gasteiger partial charge in [-0.2, -0.15) is 0 Å². The van der Waals surface area contributed by atoms with Gasteiger partial charge in [-0.1, -0.05) is 17.7 Å². The van der Waals surface area contributed by atoms with Crippen molar-refractivity contribution in [1.82, 2.24) is 9.80 Å². The van der Waals surface area contributed by atoms with E-state index in [1.807, 2.05) is 12.1 Å². The minimum Gasteiger partial charge on any atom is -0.494 e. The molecule has 0 amide bonds. The third-order valence-electron chi connectivity index (χ3n) is 3.79. The third-order valence-corrected chi connectivity index (χ3v) is 3.79. The van der Waals surface area contributed by atoms with Crippen LogP contribution in [0.4, 0.5) is 0 Å². The summed E-state index contributed by atoms with van der Waals surface area (Å²) in [6, 6.07) is 8.22. The highest BCUT2D eigenvalue weighted by Crippen LogP contribution is 2.11. The van der Waals surface area contributed by atoms with Gasteiger partial charge in [0.1, 0.15) is 5.75 Å². The van der Waals surface area contributed by atoms with Crippen LogP contribution in [0.2, 0.25) is 0 Å². The van der Waals surface area contributed by atoms with Gasteiger partial charge < -0.3 is 14.7 Å². The fraction of sp³-hybridized carbons (Fsp3) is 0.625. The Labute approximate surface area is 122 Å². The van der Waals surface area contributed by atoms with E-state index in [1.165, 1.54) is 5.56 Å². The maximum absolute atomic E-state index is 8.91. The van der Waals surface area contributed by atoms with Gasteiger partial charge in [0.15, 0.2) is 0 Å². The van der Waals surface area contributed by atoms with Crippen LogP contribution in [0.3, 0.4) is 0 Å². The maximum atomic E-state index is 8.91. The van der Waals surface area contributed by atoms with Crippen molar-refractivity contribution in [2.24, 2.45) is 0 Å². The Morgan fingerprint density at radius 3 is 2.20 bits per heavy atom. The van der Waals surface area contributed by atoms with Crippen molar-refractivity contribution in [3.05, 3.63) is 29.8 Å². The molecule has 1 saturated heterocycles. The Morgan fingerprint density at radius 2 is 1.60 bits per heavy atom. The van der Waals surface area contributed by atoms with E-state index in [0.29, 0.717) is 0 Å². The Bertz CT molecular complexity index is 373. The summed E-state index contributed by atoms with van der Waals surface area (Å²) in [5, 5.41) is 8.91. The number of aliphatic hydroxyl groups is 1. The summed E-state index contributed by atoms with van der Waals surface area (Å²) in [5.74, 6) is 0.961. The Kier molecular flexibility index (Phi) is 6.30. The van der Waals surface area contributed by atoms with Crippen molar-refractivity contribution in [2.75, 3.05) is 52.5 Å². The highest BCUT2D eigenvalue weighted by atomic mass is 16.5. The molecule has 0 aromatic heterocycles. The molecule has 1 aromatic carbocycles. The van der Waals surface area contributed by atoms with Crippen LogP contribution in [0.1, 0.15) is 12.0 Å². The zero-order valence-electron chi connectivity index (χ0n) is 12.4. The minimum absolute atomic E-state index is 0.268. The molecule has 20 heavy (non-hydrogen) atoms. The topological polar surface area (TPSA) is 35.9 Å². The molecule has 1 aliphatic rings. The SMILES string of the molecule is Cc1ccc(OCCCN2CCN(CCO)CC2)cc1. The van der Waals surface area contributed by atoms with Gasteiger partial charge in [-0.25, -0.2) is 0 Å². The van der Waals surface area contributed by atoms with Crippen LogP contribution >= 0.6 is 0 Å². The highest BCUT2D eigenvalue weighted by Gasteiger charge is 2.15. The number of piperazine rings is 1. The monoisotopic (exact) mass is 278 g/mol. The van der Waals surface area contributed by atoms with E-state index < -0.39 is 0 Å². The van der Waals surface area contributed by atoms with Crippen LogP contribution in [-0.2, 0) is 0 Å². The standard InChI is InChI=1S/C16H26N2O2/c1-15-3-5-16(6-4-15)20-14-2-7-17-8-10-18(11-9-17)12-13-19/h3-6,19H,2,7-14H2,1H3. The first kappa shape index (κ1) is 15.3. The molecule has 4 nitrogen and oxygen atoms in total. The minimum atomic E-state index is 0.268. The molecule has 1 aromatic rings. The van der Waals surface area contributed by atoms with Gasteiger partial charge >= 0.3 is 0 Å². The van der Waals surface area contributed by atoms with Gasteiger partial charge in [-0.3, -0.25) is 4.90 Å². The molecule has 1 fully saturated rings. The number of β-amino-alcohol motifs (C(OH)–C–C–N with tert-alkyl or cyclic N) is 1. The molecule has 112 valence electrons. The average Bonchev–Trinajstić information content (AvgIpc) is 2.47. The molecule has 1 N–H and O–H groups in total. The van der Waals surface area contributed by atoms with Gasteiger partial charge in [0.05, 0.1) is 13.2 Å². The molecule has 0 atom stereocenters. The predicted molar refractivity (Wildman–Crippen MR) is 81.3 cm³/mol. The first-order chi connectivity index (χ1) is 9.78. The Balaban J connectivity index is 1.56. The lowest BCUT2D eigenvalue weighted by molar-refractivity contribution is 0.108. The number of aliphatic hydroxyl groups excluding tert-OH is 1. The number of benzene rings is 1. The summed E-state index contributed by atoms with van der Waals surface area (Å²) < 4.78 is 5.74. The average molecular weight is 278 g/mol. The molecular weight excluding hydrogens is 252 g/mol. The van der Waals surface area contributed by atoms with Gasteiger partial charge in [-0.05, 0) is 25.5 Å². The summed E-state index contributed by atoms with van der Waals surface area (Å²) in [5.41, 5.74) is 1.26. The summed E-state index contributed by atoms with van der Waals surface area (Å²) in [7, 11) is 0. The molecule has 0 radical (unpaired) electrons. The van der Waals surface area contributed by atoms with Gasteiger partial charge in [-0.15, -0.1) is 0 Å². The highest BCUT2D eigenvalue weighted by molar-refractivity contribution is 5.26. The lowest BCUT2D eigenvalue weighted by Crippen LogP contribution is -2.47. The number of aryl methyl sites for hydroxylation is 1. The lowest BCUT2D eigenvalue weighted by Gasteiger charge is -2.34. The van der Waals surface area contributed by atoms with Gasteiger partial charge in [0, 0.05) is 39.3 Å². The smallest absolute Gasteiger partial charge is 0.119 e. The normalized spacial score (nSPS) is 17.3. The van der Waals surface area contributed by atoms with Crippen LogP contribution in [0, 0.1) is 6.92 Å². The molecule has 0 aliphatic carbocycles. The van der Waals surface area contributed by atoms with Crippen molar-refractivity contribution in [2.45, 2.75) is 13.3 Å². The number of ether oxygens (including phenoxy) is 1. The van der Waals surface area contributed by atoms with Gasteiger partial charge in [0.25, 0.3) is 0 Å². The molecule has 0 unspecified atom stereocenters. The summed E-state index contributed by atoms with van der Waals surface area (Å²) >= 11 is 0. The fourth-order valence-corrected chi connectivity index (χ4v) is 2.49. The van der Waals surface area contributed by atoms with Crippen molar-refractivity contribution in [3.8, 4) is 5.75 Å². The van der Waals surface area contributed by atoms with Crippen molar-refractivity contribution in [1.29, 1.82) is 0 Å². The van der Waals surface area contributed by atoms with E-state index in [0.717, 1.165) is 58.0 Å². The number of hydrogen-bond donors (Lipinski definition) is 1. The fourth-order valence-electron chi connectivity index (χ4n) is 2.49. The van der Waals surface area contributed by atoms with E-state index in [1.54, 1.807) is 0 Å². The molecule has 4 heteroatoms. The zero-order valence-corrected chi connectivity index (χ0v) is 12.4. The number of rotatable bonds is 7. The Hall–Kier alpha value is -1.10. The first-order valence-electron chi connectivity index (χ1n) is 7.53. The second kappa shape index (κ2) is 8.25. The predicted octanol–water partition coefficient (Wildman–Crippen LogP) is 1.37. The van der Waals surface area contributed by atoms with E-state index >= 15 is 0 Å². The van der Waals surface area contributed by atoms with E-state index in [-0.39, 0.29) is 6.61 Å². The van der Waals surface area contributed by atoms with Crippen LogP contribution in [0.5, 0.6) is 5.75 Å². The van der Waals surface area contributed by atoms with E-state index in [9.17, 15) is 0 Å². The summed E-state index contributed by atoms with van der Waals surface area (Å²) in [6.45, 7) is 9.38. The molecule has 2 rings (SSSR count). The third kappa shape index (κ3) is 5.12. The van der Waals surface area contributed by atoms with Gasteiger partial charge in [0.2, 0.25) is 0 Å². The number of nitrogens with zero attached hydrogens (tertiary/aromatic N) is 2. The first-order valence-corrected chi connectivity index (χ1v) is 7.53. The zero-order chi connectivity index (χ0) is 14.2. The molecular formula is C16H26N2O2. The maximum Gasteiger partial charge on any atom is 0.119 e. The van der Waals surface area contributed by atoms with Crippen molar-refractivity contribution in [3.63, 3.8) is 0 Å². The summed E-state index contributed by atoms with van der Waals surface area (Å²) in [6.07, 6.45) is 1.06. The second-order valence-corrected chi connectivity index (χ2v) is 5.42. The van der Waals surface area contributed by atoms with E-state index in [4.69, 9.17) is 9.84 Å². The van der Waals surface area contributed by atoms with E-state index in [2.05, 4.69) is 28.9 Å². The molecule has 0 spiro atoms. The van der Waals surface area contributed by atoms with Crippen LogP contribution in [0.25, 0.3) is 0 Å². The Morgan fingerprint density at radius 1 is 1.00 bits per heavy atom. The largest absolute Gasteiger partial charge is 0.494 e. The quantitative estimate of drug-likeness (QED) is 0.764. The molecule has 0 saturated carbocycles. The number of hydrogen-bond acceptors (Lipinski definition) is 4. The van der Waals surface area contributed by atoms with Crippen LogP contribution < -0.4 is 4.74 Å². The van der Waals surface area contributed by atoms with Crippen LogP contribution in [-0.4, -0.2) is 67.4 Å². The molecule has 1 heterocycles. The molecule has 0 bridgehead atoms. The molecule has 1 aliphatic heterocycles. The van der Waals surface area contributed by atoms with Crippen molar-refractivity contribution < 1.29 is 9.84 Å². The lowest BCUT2D eigenvalue weighted by atomic mass is 10.2.